The smallest absolute Gasteiger partial charge is 0.319 e. The molecule has 14 heavy (non-hydrogen) atoms. The number of ether oxygens (including phenoxy) is 1. The second kappa shape index (κ2) is 3.10. The molecule has 5 nitrogen and oxygen atoms in total. The van der Waals surface area contributed by atoms with E-state index in [4.69, 9.17) is 4.74 Å². The fraction of sp³-hybridized carbons (Fsp3) is 0.889. The normalized spacial score (nSPS) is 25.2. The van der Waals surface area contributed by atoms with E-state index in [0.717, 1.165) is 19.6 Å². The number of likely N-dealkylation sites (N-methyl/N-ethyl adjacent to an activating group) is 1. The molecule has 0 atom stereocenters. The highest BCUT2D eigenvalue weighted by Gasteiger charge is 2.50. The summed E-state index contributed by atoms with van der Waals surface area (Å²) in [5, 5.41) is 0. The molecule has 80 valence electrons. The standard InChI is InChI=1S/C9H17N3O2/c1-10(2)8(13)12-5-9(6-12)4-11(3)7-14-9/h4-7H2,1-3H3. The Hall–Kier alpha value is -0.810. The third-order valence-electron chi connectivity index (χ3n) is 2.76. The molecule has 0 N–H and O–H groups in total. The van der Waals surface area contributed by atoms with Gasteiger partial charge in [-0.05, 0) is 7.05 Å². The zero-order chi connectivity index (χ0) is 10.3. The molecule has 0 aromatic heterocycles. The summed E-state index contributed by atoms with van der Waals surface area (Å²) < 4.78 is 5.66. The first-order valence-corrected chi connectivity index (χ1v) is 4.81. The van der Waals surface area contributed by atoms with Crippen molar-refractivity contribution in [2.24, 2.45) is 0 Å². The number of carbonyl (C=O) groups is 1. The van der Waals surface area contributed by atoms with Gasteiger partial charge in [0.25, 0.3) is 0 Å². The van der Waals surface area contributed by atoms with Crippen LogP contribution in [0.5, 0.6) is 0 Å². The minimum Gasteiger partial charge on any atom is -0.355 e. The Labute approximate surface area is 84.2 Å². The van der Waals surface area contributed by atoms with Gasteiger partial charge < -0.3 is 14.5 Å². The molecule has 2 aliphatic heterocycles. The molecule has 2 rings (SSSR count). The van der Waals surface area contributed by atoms with E-state index in [2.05, 4.69) is 4.90 Å². The van der Waals surface area contributed by atoms with Gasteiger partial charge in [-0.3, -0.25) is 4.90 Å². The Kier molecular flexibility index (Phi) is 2.16. The van der Waals surface area contributed by atoms with Crippen LogP contribution >= 0.6 is 0 Å². The predicted octanol–water partition coefficient (Wildman–Crippen LogP) is -0.358. The van der Waals surface area contributed by atoms with Gasteiger partial charge in [0.05, 0.1) is 19.8 Å². The van der Waals surface area contributed by atoms with Gasteiger partial charge in [0.15, 0.2) is 0 Å². The second-order valence-electron chi connectivity index (χ2n) is 4.50. The number of urea groups is 1. The highest BCUT2D eigenvalue weighted by Crippen LogP contribution is 2.30. The molecule has 0 radical (unpaired) electrons. The number of hydrogen-bond donors (Lipinski definition) is 0. The van der Waals surface area contributed by atoms with Gasteiger partial charge in [0, 0.05) is 20.6 Å². The minimum atomic E-state index is -0.0690. The zero-order valence-electron chi connectivity index (χ0n) is 8.99. The lowest BCUT2D eigenvalue weighted by Crippen LogP contribution is -2.66. The lowest BCUT2D eigenvalue weighted by Gasteiger charge is -2.47. The summed E-state index contributed by atoms with van der Waals surface area (Å²) in [6, 6.07) is 0.0776. The van der Waals surface area contributed by atoms with Gasteiger partial charge in [-0.2, -0.15) is 0 Å². The molecule has 0 saturated carbocycles. The summed E-state index contributed by atoms with van der Waals surface area (Å²) in [5.74, 6) is 0. The average Bonchev–Trinajstić information content (AvgIpc) is 2.43. The third kappa shape index (κ3) is 1.46. The lowest BCUT2D eigenvalue weighted by molar-refractivity contribution is -0.0881. The van der Waals surface area contributed by atoms with Crippen LogP contribution in [0, 0.1) is 0 Å². The Morgan fingerprint density at radius 2 is 2.00 bits per heavy atom. The molecule has 0 aromatic carbocycles. The summed E-state index contributed by atoms with van der Waals surface area (Å²) in [4.78, 5) is 17.1. The fourth-order valence-electron chi connectivity index (χ4n) is 2.09. The van der Waals surface area contributed by atoms with E-state index in [9.17, 15) is 4.79 Å². The molecule has 2 aliphatic rings. The van der Waals surface area contributed by atoms with Gasteiger partial charge >= 0.3 is 6.03 Å². The van der Waals surface area contributed by atoms with Crippen LogP contribution in [-0.2, 0) is 4.74 Å². The maximum absolute atomic E-state index is 11.5. The lowest BCUT2D eigenvalue weighted by atomic mass is 9.95. The Morgan fingerprint density at radius 3 is 2.43 bits per heavy atom. The van der Waals surface area contributed by atoms with E-state index in [1.807, 2.05) is 11.9 Å². The fourth-order valence-corrected chi connectivity index (χ4v) is 2.09. The summed E-state index contributed by atoms with van der Waals surface area (Å²) >= 11 is 0. The van der Waals surface area contributed by atoms with Gasteiger partial charge in [-0.1, -0.05) is 0 Å². The minimum absolute atomic E-state index is 0.0690. The van der Waals surface area contributed by atoms with Crippen LogP contribution in [0.3, 0.4) is 0 Å². The van der Waals surface area contributed by atoms with E-state index >= 15 is 0 Å². The highest BCUT2D eigenvalue weighted by molar-refractivity contribution is 5.75. The summed E-state index contributed by atoms with van der Waals surface area (Å²) in [6.45, 7) is 3.08. The van der Waals surface area contributed by atoms with Crippen LogP contribution < -0.4 is 0 Å². The Balaban J connectivity index is 1.87. The molecule has 5 heteroatoms. The third-order valence-corrected chi connectivity index (χ3v) is 2.76. The molecule has 1 spiro atoms. The molecule has 0 aliphatic carbocycles. The van der Waals surface area contributed by atoms with Crippen molar-refractivity contribution in [3.63, 3.8) is 0 Å². The number of carbonyl (C=O) groups excluding carboxylic acids is 1. The van der Waals surface area contributed by atoms with Crippen molar-refractivity contribution in [2.45, 2.75) is 5.60 Å². The van der Waals surface area contributed by atoms with Gasteiger partial charge in [0.2, 0.25) is 0 Å². The maximum atomic E-state index is 11.5. The first kappa shape index (κ1) is 9.73. The highest BCUT2D eigenvalue weighted by atomic mass is 16.5. The molecular weight excluding hydrogens is 182 g/mol. The number of amides is 2. The largest absolute Gasteiger partial charge is 0.355 e. The molecule has 0 bridgehead atoms. The molecule has 2 amide bonds. The predicted molar refractivity (Wildman–Crippen MR) is 52.0 cm³/mol. The molecular formula is C9H17N3O2. The number of rotatable bonds is 0. The van der Waals surface area contributed by atoms with Crippen molar-refractivity contribution in [2.75, 3.05) is 47.5 Å². The van der Waals surface area contributed by atoms with Crippen molar-refractivity contribution in [3.8, 4) is 0 Å². The molecule has 2 saturated heterocycles. The quantitative estimate of drug-likeness (QED) is 0.534. The number of likely N-dealkylation sites (tertiary alicyclic amines) is 1. The van der Waals surface area contributed by atoms with E-state index in [1.54, 1.807) is 19.0 Å². The van der Waals surface area contributed by atoms with E-state index in [-0.39, 0.29) is 11.6 Å². The van der Waals surface area contributed by atoms with Crippen molar-refractivity contribution in [3.05, 3.63) is 0 Å². The topological polar surface area (TPSA) is 36.0 Å². The molecule has 2 heterocycles. The van der Waals surface area contributed by atoms with Crippen LogP contribution in [-0.4, -0.2) is 73.8 Å². The van der Waals surface area contributed by atoms with Crippen LogP contribution in [0.15, 0.2) is 0 Å². The summed E-state index contributed by atoms with van der Waals surface area (Å²) in [6.07, 6.45) is 0. The van der Waals surface area contributed by atoms with Crippen LogP contribution in [0.2, 0.25) is 0 Å². The Morgan fingerprint density at radius 1 is 1.36 bits per heavy atom. The van der Waals surface area contributed by atoms with E-state index in [1.165, 1.54) is 0 Å². The van der Waals surface area contributed by atoms with Crippen LogP contribution in [0.1, 0.15) is 0 Å². The maximum Gasteiger partial charge on any atom is 0.319 e. The van der Waals surface area contributed by atoms with E-state index in [0.29, 0.717) is 6.73 Å². The van der Waals surface area contributed by atoms with Crippen molar-refractivity contribution in [1.29, 1.82) is 0 Å². The number of nitrogens with zero attached hydrogens (tertiary/aromatic N) is 3. The van der Waals surface area contributed by atoms with Crippen LogP contribution in [0.4, 0.5) is 4.79 Å². The monoisotopic (exact) mass is 199 g/mol. The molecule has 0 aromatic rings. The summed E-state index contributed by atoms with van der Waals surface area (Å²) in [7, 11) is 5.58. The van der Waals surface area contributed by atoms with E-state index < -0.39 is 0 Å². The first-order valence-electron chi connectivity index (χ1n) is 4.81. The van der Waals surface area contributed by atoms with Crippen LogP contribution in [0.25, 0.3) is 0 Å². The number of hydrogen-bond acceptors (Lipinski definition) is 3. The van der Waals surface area contributed by atoms with Gasteiger partial charge in [0.1, 0.15) is 5.60 Å². The van der Waals surface area contributed by atoms with Crippen molar-refractivity contribution < 1.29 is 9.53 Å². The van der Waals surface area contributed by atoms with Gasteiger partial charge in [-0.15, -0.1) is 0 Å². The second-order valence-corrected chi connectivity index (χ2v) is 4.50. The average molecular weight is 199 g/mol. The van der Waals surface area contributed by atoms with Crippen molar-refractivity contribution in [1.82, 2.24) is 14.7 Å². The molecule has 0 unspecified atom stereocenters. The summed E-state index contributed by atoms with van der Waals surface area (Å²) in [5.41, 5.74) is -0.0690. The SMILES string of the molecule is CN1COC2(C1)CN(C(=O)N(C)C)C2. The van der Waals surface area contributed by atoms with Gasteiger partial charge in [-0.25, -0.2) is 4.79 Å². The molecule has 2 fully saturated rings. The van der Waals surface area contributed by atoms with Crippen molar-refractivity contribution >= 4 is 6.03 Å². The Bertz CT molecular complexity index is 248. The first-order chi connectivity index (χ1) is 6.52. The zero-order valence-corrected chi connectivity index (χ0v) is 8.99.